The Hall–Kier alpha value is -1.81. The zero-order chi connectivity index (χ0) is 13.2. The number of aromatic nitrogens is 1. The van der Waals surface area contributed by atoms with E-state index >= 15 is 0 Å². The SMILES string of the molecule is O=C(O)c1ccc2ccn(CC3CCOCC3)c2c1. The van der Waals surface area contributed by atoms with Crippen molar-refractivity contribution in [2.24, 2.45) is 5.92 Å². The standard InChI is InChI=1S/C15H17NO3/c17-15(18)13-2-1-12-3-6-16(14(12)9-13)10-11-4-7-19-8-5-11/h1-3,6,9,11H,4-5,7-8,10H2,(H,17,18). The van der Waals surface area contributed by atoms with Crippen LogP contribution in [-0.4, -0.2) is 28.9 Å². The number of rotatable bonds is 3. The monoisotopic (exact) mass is 259 g/mol. The predicted octanol–water partition coefficient (Wildman–Crippen LogP) is 2.77. The zero-order valence-electron chi connectivity index (χ0n) is 10.7. The van der Waals surface area contributed by atoms with Crippen molar-refractivity contribution in [2.75, 3.05) is 13.2 Å². The molecule has 0 saturated carbocycles. The molecule has 0 unspecified atom stereocenters. The third-order valence-electron chi connectivity index (χ3n) is 3.82. The highest BCUT2D eigenvalue weighted by Gasteiger charge is 2.15. The van der Waals surface area contributed by atoms with Crippen LogP contribution >= 0.6 is 0 Å². The van der Waals surface area contributed by atoms with E-state index in [9.17, 15) is 4.79 Å². The van der Waals surface area contributed by atoms with Crippen molar-refractivity contribution in [1.29, 1.82) is 0 Å². The Morgan fingerprint density at radius 1 is 1.32 bits per heavy atom. The van der Waals surface area contributed by atoms with Gasteiger partial charge in [-0.2, -0.15) is 0 Å². The molecular formula is C15H17NO3. The van der Waals surface area contributed by atoms with E-state index in [4.69, 9.17) is 9.84 Å². The molecule has 0 radical (unpaired) electrons. The Kier molecular flexibility index (Phi) is 3.25. The molecule has 4 heteroatoms. The second kappa shape index (κ2) is 5.05. The van der Waals surface area contributed by atoms with E-state index in [1.807, 2.05) is 18.3 Å². The topological polar surface area (TPSA) is 51.5 Å². The molecule has 1 aromatic carbocycles. The van der Waals surface area contributed by atoms with Gasteiger partial charge in [0.25, 0.3) is 0 Å². The van der Waals surface area contributed by atoms with Gasteiger partial charge in [-0.15, -0.1) is 0 Å². The Morgan fingerprint density at radius 3 is 2.84 bits per heavy atom. The van der Waals surface area contributed by atoms with E-state index in [0.29, 0.717) is 11.5 Å². The summed E-state index contributed by atoms with van der Waals surface area (Å²) < 4.78 is 7.53. The molecule has 1 saturated heterocycles. The molecule has 4 nitrogen and oxygen atoms in total. The summed E-state index contributed by atoms with van der Waals surface area (Å²) >= 11 is 0. The normalized spacial score (nSPS) is 16.8. The smallest absolute Gasteiger partial charge is 0.335 e. The van der Waals surface area contributed by atoms with E-state index in [2.05, 4.69) is 4.57 Å². The molecule has 1 aliphatic heterocycles. The van der Waals surface area contributed by atoms with Crippen molar-refractivity contribution >= 4 is 16.9 Å². The molecular weight excluding hydrogens is 242 g/mol. The second-order valence-electron chi connectivity index (χ2n) is 5.10. The van der Waals surface area contributed by atoms with Crippen molar-refractivity contribution in [1.82, 2.24) is 4.57 Å². The highest BCUT2D eigenvalue weighted by molar-refractivity contribution is 5.93. The summed E-state index contributed by atoms with van der Waals surface area (Å²) in [6.07, 6.45) is 4.21. The van der Waals surface area contributed by atoms with Crippen LogP contribution in [0.2, 0.25) is 0 Å². The first-order valence-electron chi connectivity index (χ1n) is 6.64. The quantitative estimate of drug-likeness (QED) is 0.922. The van der Waals surface area contributed by atoms with Crippen LogP contribution in [0.1, 0.15) is 23.2 Å². The summed E-state index contributed by atoms with van der Waals surface area (Å²) in [5, 5.41) is 10.2. The maximum Gasteiger partial charge on any atom is 0.335 e. The van der Waals surface area contributed by atoms with Gasteiger partial charge in [-0.3, -0.25) is 0 Å². The Balaban J connectivity index is 1.89. The van der Waals surface area contributed by atoms with E-state index in [-0.39, 0.29) is 0 Å². The molecule has 1 aromatic heterocycles. The van der Waals surface area contributed by atoms with Gasteiger partial charge in [-0.05, 0) is 42.3 Å². The van der Waals surface area contributed by atoms with Crippen molar-refractivity contribution in [3.05, 3.63) is 36.0 Å². The lowest BCUT2D eigenvalue weighted by Crippen LogP contribution is -2.20. The van der Waals surface area contributed by atoms with Gasteiger partial charge in [0.1, 0.15) is 0 Å². The van der Waals surface area contributed by atoms with Crippen LogP contribution in [0.15, 0.2) is 30.5 Å². The molecule has 0 spiro atoms. The largest absolute Gasteiger partial charge is 0.478 e. The maximum atomic E-state index is 11.0. The number of benzene rings is 1. The minimum Gasteiger partial charge on any atom is -0.478 e. The maximum absolute atomic E-state index is 11.0. The third kappa shape index (κ3) is 2.49. The predicted molar refractivity (Wildman–Crippen MR) is 72.4 cm³/mol. The van der Waals surface area contributed by atoms with E-state index < -0.39 is 5.97 Å². The first-order chi connectivity index (χ1) is 9.24. The van der Waals surface area contributed by atoms with Crippen LogP contribution in [0.4, 0.5) is 0 Å². The van der Waals surface area contributed by atoms with Gasteiger partial charge >= 0.3 is 5.97 Å². The van der Waals surface area contributed by atoms with Crippen molar-refractivity contribution in [3.63, 3.8) is 0 Å². The molecule has 0 amide bonds. The highest BCUT2D eigenvalue weighted by atomic mass is 16.5. The Morgan fingerprint density at radius 2 is 2.11 bits per heavy atom. The summed E-state index contributed by atoms with van der Waals surface area (Å²) in [4.78, 5) is 11.0. The summed E-state index contributed by atoms with van der Waals surface area (Å²) in [5.41, 5.74) is 1.35. The molecule has 19 heavy (non-hydrogen) atoms. The summed E-state index contributed by atoms with van der Waals surface area (Å²) in [5.74, 6) is -0.251. The number of ether oxygens (including phenoxy) is 1. The van der Waals surface area contributed by atoms with Gasteiger partial charge in [-0.25, -0.2) is 4.79 Å². The fourth-order valence-electron chi connectivity index (χ4n) is 2.68. The number of fused-ring (bicyclic) bond motifs is 1. The molecule has 0 bridgehead atoms. The lowest BCUT2D eigenvalue weighted by atomic mass is 10.0. The van der Waals surface area contributed by atoms with Crippen LogP contribution in [0.5, 0.6) is 0 Å². The third-order valence-corrected chi connectivity index (χ3v) is 3.82. The minimum absolute atomic E-state index is 0.347. The van der Waals surface area contributed by atoms with Crippen LogP contribution in [0.3, 0.4) is 0 Å². The van der Waals surface area contributed by atoms with Gasteiger partial charge in [0, 0.05) is 31.5 Å². The molecule has 1 fully saturated rings. The van der Waals surface area contributed by atoms with Crippen LogP contribution < -0.4 is 0 Å². The van der Waals surface area contributed by atoms with Crippen LogP contribution in [0.25, 0.3) is 10.9 Å². The van der Waals surface area contributed by atoms with Crippen molar-refractivity contribution < 1.29 is 14.6 Å². The lowest BCUT2D eigenvalue weighted by Gasteiger charge is -2.22. The number of aromatic carboxylic acids is 1. The molecule has 3 rings (SSSR count). The molecule has 1 N–H and O–H groups in total. The van der Waals surface area contributed by atoms with E-state index in [0.717, 1.165) is 43.5 Å². The Labute approximate surface area is 111 Å². The molecule has 0 atom stereocenters. The Bertz CT molecular complexity index is 596. The van der Waals surface area contributed by atoms with Crippen LogP contribution in [-0.2, 0) is 11.3 Å². The summed E-state index contributed by atoms with van der Waals surface area (Å²) in [6.45, 7) is 2.62. The number of carbonyl (C=O) groups is 1. The van der Waals surface area contributed by atoms with E-state index in [1.165, 1.54) is 0 Å². The average molecular weight is 259 g/mol. The first-order valence-corrected chi connectivity index (χ1v) is 6.64. The molecule has 2 heterocycles. The molecule has 1 aliphatic rings. The van der Waals surface area contributed by atoms with Crippen molar-refractivity contribution in [3.8, 4) is 0 Å². The minimum atomic E-state index is -0.874. The number of carboxylic acid groups (broad SMARTS) is 1. The number of nitrogens with zero attached hydrogens (tertiary/aromatic N) is 1. The van der Waals surface area contributed by atoms with Gasteiger partial charge in [0.15, 0.2) is 0 Å². The second-order valence-corrected chi connectivity index (χ2v) is 5.10. The highest BCUT2D eigenvalue weighted by Crippen LogP contribution is 2.22. The number of carboxylic acids is 1. The fraction of sp³-hybridized carbons (Fsp3) is 0.400. The van der Waals surface area contributed by atoms with Gasteiger partial charge in [-0.1, -0.05) is 6.07 Å². The lowest BCUT2D eigenvalue weighted by molar-refractivity contribution is 0.0616. The molecule has 100 valence electrons. The van der Waals surface area contributed by atoms with E-state index in [1.54, 1.807) is 12.1 Å². The molecule has 2 aromatic rings. The summed E-state index contributed by atoms with van der Waals surface area (Å²) in [7, 11) is 0. The fourth-order valence-corrected chi connectivity index (χ4v) is 2.68. The van der Waals surface area contributed by atoms with Crippen LogP contribution in [0, 0.1) is 5.92 Å². The van der Waals surface area contributed by atoms with Gasteiger partial charge in [0.05, 0.1) is 5.56 Å². The summed E-state index contributed by atoms with van der Waals surface area (Å²) in [6, 6.07) is 7.33. The van der Waals surface area contributed by atoms with Gasteiger partial charge in [0.2, 0.25) is 0 Å². The number of hydrogen-bond acceptors (Lipinski definition) is 2. The molecule has 0 aliphatic carbocycles. The number of hydrogen-bond donors (Lipinski definition) is 1. The average Bonchev–Trinajstić information content (AvgIpc) is 2.82. The zero-order valence-corrected chi connectivity index (χ0v) is 10.7. The van der Waals surface area contributed by atoms with Crippen molar-refractivity contribution in [2.45, 2.75) is 19.4 Å². The first kappa shape index (κ1) is 12.2. The van der Waals surface area contributed by atoms with Gasteiger partial charge < -0.3 is 14.4 Å².